The van der Waals surface area contributed by atoms with E-state index in [-0.39, 0.29) is 24.5 Å². The highest BCUT2D eigenvalue weighted by Crippen LogP contribution is 2.24. The molecule has 2 N–H and O–H groups in total. The number of hydrogen-bond donors (Lipinski definition) is 2. The molecule has 1 aliphatic rings. The summed E-state index contributed by atoms with van der Waals surface area (Å²) in [5.74, 6) is 0.126. The highest BCUT2D eigenvalue weighted by Gasteiger charge is 2.27. The molecule has 0 bridgehead atoms. The summed E-state index contributed by atoms with van der Waals surface area (Å²) >= 11 is 0. The van der Waals surface area contributed by atoms with Gasteiger partial charge in [0.2, 0.25) is 0 Å². The number of aliphatic hydroxyl groups excluding tert-OH is 1. The van der Waals surface area contributed by atoms with Crippen molar-refractivity contribution in [1.82, 2.24) is 15.1 Å². The Balaban J connectivity index is 2.08. The van der Waals surface area contributed by atoms with Crippen LogP contribution in [0.2, 0.25) is 0 Å². The van der Waals surface area contributed by atoms with Gasteiger partial charge in [-0.25, -0.2) is 0 Å². The molecule has 1 aromatic rings. The van der Waals surface area contributed by atoms with E-state index in [1.807, 2.05) is 19.9 Å². The Kier molecular flexibility index (Phi) is 5.17. The molecule has 1 aromatic heterocycles. The number of hydrogen-bond acceptors (Lipinski definition) is 3. The fourth-order valence-electron chi connectivity index (χ4n) is 2.93. The minimum absolute atomic E-state index is 0.0654. The molecule has 2 unspecified atom stereocenters. The summed E-state index contributed by atoms with van der Waals surface area (Å²) in [5, 5.41) is 16.9. The number of amides is 1. The molecule has 1 heterocycles. The second kappa shape index (κ2) is 6.88. The molecule has 1 aliphatic carbocycles. The first-order valence-corrected chi connectivity index (χ1v) is 7.68. The molecule has 1 amide bonds. The molecular formula is C15H25N3O2. The zero-order valence-corrected chi connectivity index (χ0v) is 12.4. The maximum Gasteiger partial charge on any atom is 0.269 e. The lowest BCUT2D eigenvalue weighted by atomic mass is 9.85. The zero-order chi connectivity index (χ0) is 14.5. The van der Waals surface area contributed by atoms with Crippen molar-refractivity contribution in [2.75, 3.05) is 6.61 Å². The van der Waals surface area contributed by atoms with Crippen molar-refractivity contribution in [2.45, 2.75) is 58.5 Å². The monoisotopic (exact) mass is 279 g/mol. The second-order valence-electron chi connectivity index (χ2n) is 5.50. The highest BCUT2D eigenvalue weighted by atomic mass is 16.3. The molecule has 1 saturated carbocycles. The van der Waals surface area contributed by atoms with Gasteiger partial charge in [0.15, 0.2) is 0 Å². The molecule has 2 atom stereocenters. The number of rotatable bonds is 5. The van der Waals surface area contributed by atoms with E-state index >= 15 is 0 Å². The fraction of sp³-hybridized carbons (Fsp3) is 0.733. The topological polar surface area (TPSA) is 67.2 Å². The lowest BCUT2D eigenvalue weighted by molar-refractivity contribution is 0.0862. The zero-order valence-electron chi connectivity index (χ0n) is 12.4. The van der Waals surface area contributed by atoms with Crippen LogP contribution in [0.25, 0.3) is 0 Å². The first kappa shape index (κ1) is 15.0. The third kappa shape index (κ3) is 3.20. The Morgan fingerprint density at radius 2 is 2.20 bits per heavy atom. The van der Waals surface area contributed by atoms with Crippen LogP contribution < -0.4 is 5.32 Å². The van der Waals surface area contributed by atoms with Gasteiger partial charge in [-0.1, -0.05) is 19.8 Å². The van der Waals surface area contributed by atoms with E-state index in [0.717, 1.165) is 37.8 Å². The van der Waals surface area contributed by atoms with Gasteiger partial charge in [0.05, 0.1) is 5.69 Å². The van der Waals surface area contributed by atoms with Crippen LogP contribution >= 0.6 is 0 Å². The number of aliphatic hydroxyl groups is 1. The fourth-order valence-corrected chi connectivity index (χ4v) is 2.93. The predicted molar refractivity (Wildman–Crippen MR) is 77.6 cm³/mol. The van der Waals surface area contributed by atoms with Crippen molar-refractivity contribution in [3.63, 3.8) is 0 Å². The number of nitrogens with zero attached hydrogens (tertiary/aromatic N) is 2. The van der Waals surface area contributed by atoms with Gasteiger partial charge in [-0.3, -0.25) is 9.48 Å². The maximum atomic E-state index is 12.4. The van der Waals surface area contributed by atoms with Crippen molar-refractivity contribution in [1.29, 1.82) is 0 Å². The van der Waals surface area contributed by atoms with E-state index in [1.165, 1.54) is 0 Å². The first-order chi connectivity index (χ1) is 9.69. The van der Waals surface area contributed by atoms with E-state index in [9.17, 15) is 9.90 Å². The smallest absolute Gasteiger partial charge is 0.269 e. The van der Waals surface area contributed by atoms with Crippen LogP contribution in [0.5, 0.6) is 0 Å². The Labute approximate surface area is 120 Å². The average Bonchev–Trinajstić information content (AvgIpc) is 2.91. The van der Waals surface area contributed by atoms with Crippen LogP contribution in [0.4, 0.5) is 0 Å². The molecule has 112 valence electrons. The van der Waals surface area contributed by atoms with E-state index in [2.05, 4.69) is 10.4 Å². The molecule has 1 fully saturated rings. The van der Waals surface area contributed by atoms with Crippen molar-refractivity contribution in [3.8, 4) is 0 Å². The van der Waals surface area contributed by atoms with Crippen LogP contribution in [0.3, 0.4) is 0 Å². The molecule has 0 spiro atoms. The molecule has 5 heteroatoms. The van der Waals surface area contributed by atoms with Crippen LogP contribution in [0.15, 0.2) is 6.07 Å². The Morgan fingerprint density at radius 1 is 1.45 bits per heavy atom. The number of carbonyl (C=O) groups is 1. The van der Waals surface area contributed by atoms with E-state index in [0.29, 0.717) is 12.2 Å². The van der Waals surface area contributed by atoms with Gasteiger partial charge in [0.25, 0.3) is 5.91 Å². The minimum Gasteiger partial charge on any atom is -0.396 e. The maximum absolute atomic E-state index is 12.4. The predicted octanol–water partition coefficient (Wildman–Crippen LogP) is 1.75. The van der Waals surface area contributed by atoms with E-state index < -0.39 is 0 Å². The molecular weight excluding hydrogens is 254 g/mol. The number of aryl methyl sites for hydroxylation is 2. The first-order valence-electron chi connectivity index (χ1n) is 7.68. The van der Waals surface area contributed by atoms with Gasteiger partial charge in [0.1, 0.15) is 5.69 Å². The van der Waals surface area contributed by atoms with Crippen LogP contribution in [0.1, 0.15) is 55.7 Å². The number of nitrogens with one attached hydrogen (secondary N) is 1. The lowest BCUT2D eigenvalue weighted by Crippen LogP contribution is -2.44. The van der Waals surface area contributed by atoms with Gasteiger partial charge < -0.3 is 10.4 Å². The summed E-state index contributed by atoms with van der Waals surface area (Å²) in [5.41, 5.74) is 1.57. The normalized spacial score (nSPS) is 22.8. The summed E-state index contributed by atoms with van der Waals surface area (Å²) < 4.78 is 1.75. The summed E-state index contributed by atoms with van der Waals surface area (Å²) in [4.78, 5) is 12.4. The van der Waals surface area contributed by atoms with Gasteiger partial charge in [-0.2, -0.15) is 5.10 Å². The molecule has 5 nitrogen and oxygen atoms in total. The molecule has 0 radical (unpaired) electrons. The van der Waals surface area contributed by atoms with Crippen molar-refractivity contribution in [3.05, 3.63) is 17.5 Å². The standard InChI is InChI=1S/C15H25N3O2/c1-3-12-9-14(18(4-2)17-12)15(20)16-13-8-6-5-7-11(13)10-19/h9,11,13,19H,3-8,10H2,1-2H3,(H,16,20). The van der Waals surface area contributed by atoms with Gasteiger partial charge in [0, 0.05) is 25.1 Å². The van der Waals surface area contributed by atoms with Crippen LogP contribution in [0, 0.1) is 5.92 Å². The molecule has 0 aromatic carbocycles. The largest absolute Gasteiger partial charge is 0.396 e. The van der Waals surface area contributed by atoms with Crippen molar-refractivity contribution in [2.24, 2.45) is 5.92 Å². The minimum atomic E-state index is -0.0654. The summed E-state index contributed by atoms with van der Waals surface area (Å²) in [6, 6.07) is 1.96. The van der Waals surface area contributed by atoms with Gasteiger partial charge >= 0.3 is 0 Å². The van der Waals surface area contributed by atoms with Gasteiger partial charge in [-0.05, 0) is 32.3 Å². The Bertz CT molecular complexity index is 456. The summed E-state index contributed by atoms with van der Waals surface area (Å²) in [7, 11) is 0. The van der Waals surface area contributed by atoms with Crippen LogP contribution in [-0.4, -0.2) is 33.4 Å². The summed E-state index contributed by atoms with van der Waals surface area (Å²) in [6.07, 6.45) is 5.04. The van der Waals surface area contributed by atoms with Crippen LogP contribution in [-0.2, 0) is 13.0 Å². The van der Waals surface area contributed by atoms with E-state index in [1.54, 1.807) is 4.68 Å². The third-order valence-electron chi connectivity index (χ3n) is 4.19. The lowest BCUT2D eigenvalue weighted by Gasteiger charge is -2.30. The highest BCUT2D eigenvalue weighted by molar-refractivity contribution is 5.92. The molecule has 0 saturated heterocycles. The number of carbonyl (C=O) groups excluding carboxylic acids is 1. The quantitative estimate of drug-likeness (QED) is 0.863. The van der Waals surface area contributed by atoms with Crippen molar-refractivity contribution < 1.29 is 9.90 Å². The molecule has 2 rings (SSSR count). The molecule has 20 heavy (non-hydrogen) atoms. The van der Waals surface area contributed by atoms with Gasteiger partial charge in [-0.15, -0.1) is 0 Å². The second-order valence-corrected chi connectivity index (χ2v) is 5.50. The number of aromatic nitrogens is 2. The summed E-state index contributed by atoms with van der Waals surface area (Å²) in [6.45, 7) is 4.86. The van der Waals surface area contributed by atoms with E-state index in [4.69, 9.17) is 0 Å². The Hall–Kier alpha value is -1.36. The third-order valence-corrected chi connectivity index (χ3v) is 4.19. The van der Waals surface area contributed by atoms with Crippen molar-refractivity contribution >= 4 is 5.91 Å². The Morgan fingerprint density at radius 3 is 2.85 bits per heavy atom. The molecule has 0 aliphatic heterocycles. The SMILES string of the molecule is CCc1cc(C(=O)NC2CCCCC2CO)n(CC)n1. The average molecular weight is 279 g/mol.